The summed E-state index contributed by atoms with van der Waals surface area (Å²) in [5.41, 5.74) is 11.5. The van der Waals surface area contributed by atoms with Gasteiger partial charge in [0, 0.05) is 0 Å². The largest absolute Gasteiger partial charge is 0.412 e. The molecule has 0 bridgehead atoms. The van der Waals surface area contributed by atoms with Gasteiger partial charge in [-0.15, -0.1) is 0 Å². The Morgan fingerprint density at radius 1 is 1.28 bits per heavy atom. The van der Waals surface area contributed by atoms with Crippen molar-refractivity contribution in [3.05, 3.63) is 35.9 Å². The van der Waals surface area contributed by atoms with Crippen LogP contribution in [0.2, 0.25) is 0 Å². The molecule has 2 unspecified atom stereocenters. The molecule has 0 saturated heterocycles. The van der Waals surface area contributed by atoms with Crippen molar-refractivity contribution in [3.8, 4) is 0 Å². The lowest BCUT2D eigenvalue weighted by molar-refractivity contribution is -0.138. The summed E-state index contributed by atoms with van der Waals surface area (Å²) < 4.78 is 4.24. The van der Waals surface area contributed by atoms with Gasteiger partial charge < -0.3 is 16.2 Å². The van der Waals surface area contributed by atoms with Crippen molar-refractivity contribution in [2.45, 2.75) is 18.4 Å². The zero-order chi connectivity index (χ0) is 13.5. The minimum Gasteiger partial charge on any atom is -0.375 e. The lowest BCUT2D eigenvalue weighted by Gasteiger charge is -2.18. The van der Waals surface area contributed by atoms with Crippen molar-refractivity contribution in [2.24, 2.45) is 11.5 Å². The molecule has 1 aromatic rings. The second kappa shape index (κ2) is 7.03. The number of rotatable bonds is 5. The van der Waals surface area contributed by atoms with E-state index in [-0.39, 0.29) is 5.92 Å². The van der Waals surface area contributed by atoms with E-state index >= 15 is 0 Å². The van der Waals surface area contributed by atoms with Gasteiger partial charge in [0.25, 0.3) is 0 Å². The van der Waals surface area contributed by atoms with Gasteiger partial charge in [-0.25, -0.2) is 9.59 Å². The summed E-state index contributed by atoms with van der Waals surface area (Å²) in [4.78, 5) is 21.8. The average Bonchev–Trinajstić information content (AvgIpc) is 2.35. The van der Waals surface area contributed by atoms with E-state index in [9.17, 15) is 9.59 Å². The molecule has 4 N–H and O–H groups in total. The van der Waals surface area contributed by atoms with Gasteiger partial charge in [0.2, 0.25) is 0 Å². The van der Waals surface area contributed by atoms with Crippen molar-refractivity contribution in [2.75, 3.05) is 5.75 Å². The van der Waals surface area contributed by atoms with Crippen molar-refractivity contribution in [1.29, 1.82) is 0 Å². The molecule has 1 aromatic carbocycles. The van der Waals surface area contributed by atoms with E-state index in [1.54, 1.807) is 0 Å². The van der Waals surface area contributed by atoms with Crippen molar-refractivity contribution >= 4 is 24.7 Å². The van der Waals surface area contributed by atoms with Crippen LogP contribution < -0.4 is 11.5 Å². The molecule has 1 amide bonds. The van der Waals surface area contributed by atoms with E-state index in [2.05, 4.69) is 17.4 Å². The minimum atomic E-state index is -1.14. The van der Waals surface area contributed by atoms with Crippen molar-refractivity contribution in [1.82, 2.24) is 0 Å². The molecular weight excluding hydrogens is 252 g/mol. The molecule has 0 radical (unpaired) electrons. The third kappa shape index (κ3) is 4.38. The van der Waals surface area contributed by atoms with Crippen LogP contribution in [-0.2, 0) is 9.53 Å². The predicted octanol–water partition coefficient (Wildman–Crippen LogP) is 1.04. The van der Waals surface area contributed by atoms with Crippen LogP contribution in [0.3, 0.4) is 0 Å². The number of esters is 1. The third-order valence-corrected chi connectivity index (χ3v) is 2.97. The molecule has 6 heteroatoms. The normalized spacial score (nSPS) is 13.7. The number of ether oxygens (including phenoxy) is 1. The Labute approximate surface area is 111 Å². The Balaban J connectivity index is 2.64. The number of carbonyl (C=O) groups excluding carboxylic acids is 2. The van der Waals surface area contributed by atoms with Gasteiger partial charge in [-0.3, -0.25) is 0 Å². The molecule has 0 aliphatic carbocycles. The van der Waals surface area contributed by atoms with Crippen LogP contribution in [0.1, 0.15) is 17.9 Å². The molecule has 0 aliphatic heterocycles. The van der Waals surface area contributed by atoms with E-state index < -0.39 is 18.1 Å². The molecule has 0 spiro atoms. The predicted molar refractivity (Wildman–Crippen MR) is 71.3 cm³/mol. The fourth-order valence-corrected chi connectivity index (χ4v) is 1.98. The maximum atomic E-state index is 11.4. The van der Waals surface area contributed by atoms with E-state index in [0.717, 1.165) is 5.56 Å². The van der Waals surface area contributed by atoms with Gasteiger partial charge >= 0.3 is 12.1 Å². The summed E-state index contributed by atoms with van der Waals surface area (Å²) >= 11 is 4.24. The average molecular weight is 268 g/mol. The monoisotopic (exact) mass is 268 g/mol. The quantitative estimate of drug-likeness (QED) is 0.422. The van der Waals surface area contributed by atoms with E-state index in [0.29, 0.717) is 12.2 Å². The molecular formula is C12H16N2O3S. The van der Waals surface area contributed by atoms with Gasteiger partial charge in [-0.2, -0.15) is 12.6 Å². The molecule has 18 heavy (non-hydrogen) atoms. The molecule has 2 atom stereocenters. The van der Waals surface area contributed by atoms with Crippen LogP contribution in [0.5, 0.6) is 0 Å². The first-order valence-corrected chi connectivity index (χ1v) is 6.10. The Bertz CT molecular complexity index is 411. The lowest BCUT2D eigenvalue weighted by Crippen LogP contribution is -2.36. The van der Waals surface area contributed by atoms with Crippen molar-refractivity contribution in [3.63, 3.8) is 0 Å². The van der Waals surface area contributed by atoms with Crippen LogP contribution in [0.4, 0.5) is 4.79 Å². The number of carbonyl (C=O) groups is 2. The fraction of sp³-hybridized carbons (Fsp3) is 0.333. The summed E-state index contributed by atoms with van der Waals surface area (Å²) in [5, 5.41) is 0. The first-order chi connectivity index (χ1) is 8.54. The highest BCUT2D eigenvalue weighted by Gasteiger charge is 2.22. The van der Waals surface area contributed by atoms with Gasteiger partial charge in [0.05, 0.1) is 0 Å². The number of primary amides is 1. The second-order valence-electron chi connectivity index (χ2n) is 3.87. The maximum absolute atomic E-state index is 11.4. The number of hydrogen-bond acceptors (Lipinski definition) is 5. The summed E-state index contributed by atoms with van der Waals surface area (Å²) in [6.45, 7) is 0. The zero-order valence-corrected chi connectivity index (χ0v) is 10.7. The summed E-state index contributed by atoms with van der Waals surface area (Å²) in [5.74, 6) is -0.253. The van der Waals surface area contributed by atoms with Crippen LogP contribution in [0, 0.1) is 0 Å². The molecule has 0 aliphatic rings. The highest BCUT2D eigenvalue weighted by molar-refractivity contribution is 7.80. The van der Waals surface area contributed by atoms with E-state index in [1.165, 1.54) is 0 Å². The number of benzene rings is 1. The van der Waals surface area contributed by atoms with Gasteiger partial charge in [0.1, 0.15) is 6.04 Å². The molecule has 98 valence electrons. The van der Waals surface area contributed by atoms with Crippen LogP contribution in [0.25, 0.3) is 0 Å². The van der Waals surface area contributed by atoms with Crippen LogP contribution >= 0.6 is 12.6 Å². The summed E-state index contributed by atoms with van der Waals surface area (Å²) in [6, 6.07) is 8.69. The number of amides is 1. The van der Waals surface area contributed by atoms with Crippen LogP contribution in [0.15, 0.2) is 30.3 Å². The number of nitrogens with two attached hydrogens (primary N) is 2. The summed E-state index contributed by atoms with van der Waals surface area (Å²) in [7, 11) is 0. The smallest absolute Gasteiger partial charge is 0.375 e. The zero-order valence-electron chi connectivity index (χ0n) is 9.78. The minimum absolute atomic E-state index is 0.0185. The van der Waals surface area contributed by atoms with Gasteiger partial charge in [-0.1, -0.05) is 30.3 Å². The van der Waals surface area contributed by atoms with Crippen LogP contribution in [-0.4, -0.2) is 23.9 Å². The van der Waals surface area contributed by atoms with Gasteiger partial charge in [0.15, 0.2) is 0 Å². The standard InChI is InChI=1S/C12H16N2O3S/c13-10(11(15)17-12(14)16)6-9(7-18)8-4-2-1-3-5-8/h1-5,9-10,18H,6-7,13H2,(H2,14,16). The Kier molecular flexibility index (Phi) is 5.67. The first kappa shape index (κ1) is 14.5. The Morgan fingerprint density at radius 2 is 1.89 bits per heavy atom. The van der Waals surface area contributed by atoms with Crippen molar-refractivity contribution < 1.29 is 14.3 Å². The van der Waals surface area contributed by atoms with Gasteiger partial charge in [-0.05, 0) is 23.7 Å². The Morgan fingerprint density at radius 3 is 2.39 bits per heavy atom. The molecule has 0 aromatic heterocycles. The highest BCUT2D eigenvalue weighted by atomic mass is 32.1. The molecule has 0 heterocycles. The molecule has 0 fully saturated rings. The lowest BCUT2D eigenvalue weighted by atomic mass is 9.94. The fourth-order valence-electron chi connectivity index (χ4n) is 1.62. The van der Waals surface area contributed by atoms with E-state index in [1.807, 2.05) is 30.3 Å². The molecule has 1 rings (SSSR count). The van der Waals surface area contributed by atoms with E-state index in [4.69, 9.17) is 11.5 Å². The third-order valence-electron chi connectivity index (χ3n) is 2.53. The second-order valence-corrected chi connectivity index (χ2v) is 4.24. The molecule has 0 saturated carbocycles. The SMILES string of the molecule is NC(=O)OC(=O)C(N)CC(CS)c1ccccc1. The Hall–Kier alpha value is -1.53. The molecule has 5 nitrogen and oxygen atoms in total. The number of thiol groups is 1. The maximum Gasteiger partial charge on any atom is 0.412 e. The summed E-state index contributed by atoms with van der Waals surface area (Å²) in [6.07, 6.45) is -0.794. The topological polar surface area (TPSA) is 95.4 Å². The highest BCUT2D eigenvalue weighted by Crippen LogP contribution is 2.22. The first-order valence-electron chi connectivity index (χ1n) is 5.47. The number of hydrogen-bond donors (Lipinski definition) is 3.